The molecule has 1 unspecified atom stereocenters. The zero-order valence-electron chi connectivity index (χ0n) is 9.20. The van der Waals surface area contributed by atoms with Crippen LogP contribution in [0.25, 0.3) is 0 Å². The molecule has 0 aliphatic carbocycles. The van der Waals surface area contributed by atoms with E-state index in [9.17, 15) is 4.39 Å². The summed E-state index contributed by atoms with van der Waals surface area (Å²) in [5.41, 5.74) is 2.01. The van der Waals surface area contributed by atoms with Crippen LogP contribution in [0.3, 0.4) is 0 Å². The van der Waals surface area contributed by atoms with E-state index in [1.165, 1.54) is 6.07 Å². The molecule has 0 aliphatic heterocycles. The number of nitrogens with one attached hydrogen (secondary N) is 1. The first-order chi connectivity index (χ1) is 7.72. The van der Waals surface area contributed by atoms with E-state index in [0.717, 1.165) is 16.1 Å². The van der Waals surface area contributed by atoms with E-state index in [-0.39, 0.29) is 11.9 Å². The quantitative estimate of drug-likeness (QED) is 0.886. The number of halogens is 1. The van der Waals surface area contributed by atoms with E-state index >= 15 is 0 Å². The molecular formula is C12H13FN2S. The van der Waals surface area contributed by atoms with Gasteiger partial charge in [0.05, 0.1) is 6.04 Å². The Morgan fingerprint density at radius 1 is 1.44 bits per heavy atom. The Morgan fingerprint density at radius 3 is 2.81 bits per heavy atom. The van der Waals surface area contributed by atoms with Gasteiger partial charge < -0.3 is 5.32 Å². The van der Waals surface area contributed by atoms with Crippen molar-refractivity contribution in [2.75, 3.05) is 7.05 Å². The van der Waals surface area contributed by atoms with Crippen molar-refractivity contribution >= 4 is 11.3 Å². The third-order valence-electron chi connectivity index (χ3n) is 2.53. The standard InChI is InChI=1S/C12H13FN2S/c1-8-7-9(13)3-4-10(8)11(14-2)12-15-5-6-16-12/h3-7,11,14H,1-2H3. The van der Waals surface area contributed by atoms with Crippen LogP contribution in [0.15, 0.2) is 29.8 Å². The second kappa shape index (κ2) is 4.72. The molecule has 0 fully saturated rings. The third kappa shape index (κ3) is 2.13. The highest BCUT2D eigenvalue weighted by Gasteiger charge is 2.16. The smallest absolute Gasteiger partial charge is 0.123 e. The predicted octanol–water partition coefficient (Wildman–Crippen LogP) is 2.90. The van der Waals surface area contributed by atoms with Gasteiger partial charge in [0.15, 0.2) is 0 Å². The molecule has 1 aromatic heterocycles. The number of aryl methyl sites for hydroxylation is 1. The van der Waals surface area contributed by atoms with Gasteiger partial charge in [0.25, 0.3) is 0 Å². The van der Waals surface area contributed by atoms with Gasteiger partial charge in [0.2, 0.25) is 0 Å². The second-order valence-corrected chi connectivity index (χ2v) is 4.52. The maximum absolute atomic E-state index is 13.0. The number of hydrogen-bond donors (Lipinski definition) is 1. The van der Waals surface area contributed by atoms with E-state index in [0.29, 0.717) is 0 Å². The highest BCUT2D eigenvalue weighted by Crippen LogP contribution is 2.26. The molecule has 84 valence electrons. The Bertz CT molecular complexity index is 468. The highest BCUT2D eigenvalue weighted by molar-refractivity contribution is 7.09. The Hall–Kier alpha value is -1.26. The van der Waals surface area contributed by atoms with Gasteiger partial charge in [-0.2, -0.15) is 0 Å². The average molecular weight is 236 g/mol. The van der Waals surface area contributed by atoms with E-state index in [2.05, 4.69) is 10.3 Å². The number of rotatable bonds is 3. The lowest BCUT2D eigenvalue weighted by molar-refractivity contribution is 0.620. The number of thiazole rings is 1. The van der Waals surface area contributed by atoms with Gasteiger partial charge in [-0.15, -0.1) is 11.3 Å². The summed E-state index contributed by atoms with van der Waals surface area (Å²) in [4.78, 5) is 4.29. The summed E-state index contributed by atoms with van der Waals surface area (Å²) in [6.07, 6.45) is 1.78. The van der Waals surface area contributed by atoms with Gasteiger partial charge in [0.1, 0.15) is 10.8 Å². The van der Waals surface area contributed by atoms with Crippen molar-refractivity contribution in [3.8, 4) is 0 Å². The van der Waals surface area contributed by atoms with Gasteiger partial charge in [-0.25, -0.2) is 9.37 Å². The van der Waals surface area contributed by atoms with Crippen molar-refractivity contribution in [3.05, 3.63) is 51.7 Å². The first-order valence-corrected chi connectivity index (χ1v) is 5.93. The van der Waals surface area contributed by atoms with Crippen molar-refractivity contribution < 1.29 is 4.39 Å². The maximum Gasteiger partial charge on any atom is 0.123 e. The van der Waals surface area contributed by atoms with Crippen LogP contribution in [-0.4, -0.2) is 12.0 Å². The lowest BCUT2D eigenvalue weighted by Gasteiger charge is -2.16. The molecule has 0 saturated carbocycles. The van der Waals surface area contributed by atoms with Crippen LogP contribution in [0.4, 0.5) is 4.39 Å². The molecule has 1 N–H and O–H groups in total. The first-order valence-electron chi connectivity index (χ1n) is 5.05. The zero-order chi connectivity index (χ0) is 11.5. The molecule has 16 heavy (non-hydrogen) atoms. The van der Waals surface area contributed by atoms with E-state index in [4.69, 9.17) is 0 Å². The SMILES string of the molecule is CNC(c1nccs1)c1ccc(F)cc1C. The summed E-state index contributed by atoms with van der Waals surface area (Å²) in [5, 5.41) is 6.15. The average Bonchev–Trinajstić information content (AvgIpc) is 2.75. The van der Waals surface area contributed by atoms with Crippen molar-refractivity contribution in [3.63, 3.8) is 0 Å². The van der Waals surface area contributed by atoms with Crippen LogP contribution in [0.1, 0.15) is 22.2 Å². The van der Waals surface area contributed by atoms with Crippen molar-refractivity contribution in [2.45, 2.75) is 13.0 Å². The molecule has 0 spiro atoms. The summed E-state index contributed by atoms with van der Waals surface area (Å²) < 4.78 is 13.0. The van der Waals surface area contributed by atoms with Gasteiger partial charge in [-0.05, 0) is 37.2 Å². The van der Waals surface area contributed by atoms with Crippen molar-refractivity contribution in [1.82, 2.24) is 10.3 Å². The fourth-order valence-electron chi connectivity index (χ4n) is 1.75. The molecule has 2 rings (SSSR count). The number of nitrogens with zero attached hydrogens (tertiary/aromatic N) is 1. The van der Waals surface area contributed by atoms with Crippen LogP contribution >= 0.6 is 11.3 Å². The predicted molar refractivity (Wildman–Crippen MR) is 64.2 cm³/mol. The molecule has 0 radical (unpaired) electrons. The Kier molecular flexibility index (Phi) is 3.31. The number of benzene rings is 1. The molecule has 4 heteroatoms. The largest absolute Gasteiger partial charge is 0.307 e. The molecule has 0 aliphatic rings. The molecule has 0 amide bonds. The topological polar surface area (TPSA) is 24.9 Å². The summed E-state index contributed by atoms with van der Waals surface area (Å²) >= 11 is 1.60. The summed E-state index contributed by atoms with van der Waals surface area (Å²) in [7, 11) is 1.88. The Morgan fingerprint density at radius 2 is 2.25 bits per heavy atom. The molecule has 1 heterocycles. The van der Waals surface area contributed by atoms with E-state index in [1.54, 1.807) is 23.6 Å². The molecule has 2 aromatic rings. The number of aromatic nitrogens is 1. The van der Waals surface area contributed by atoms with E-state index < -0.39 is 0 Å². The molecule has 2 nitrogen and oxygen atoms in total. The van der Waals surface area contributed by atoms with Crippen LogP contribution in [0.5, 0.6) is 0 Å². The third-order valence-corrected chi connectivity index (χ3v) is 3.37. The second-order valence-electron chi connectivity index (χ2n) is 3.59. The van der Waals surface area contributed by atoms with Crippen molar-refractivity contribution in [1.29, 1.82) is 0 Å². The highest BCUT2D eigenvalue weighted by atomic mass is 32.1. The molecule has 1 aromatic carbocycles. The van der Waals surface area contributed by atoms with Gasteiger partial charge in [-0.1, -0.05) is 6.07 Å². The van der Waals surface area contributed by atoms with Crippen molar-refractivity contribution in [2.24, 2.45) is 0 Å². The van der Waals surface area contributed by atoms with E-state index in [1.807, 2.05) is 25.4 Å². The minimum atomic E-state index is -0.199. The fourth-order valence-corrected chi connectivity index (χ4v) is 2.52. The number of hydrogen-bond acceptors (Lipinski definition) is 3. The molecular weight excluding hydrogens is 223 g/mol. The summed E-state index contributed by atoms with van der Waals surface area (Å²) in [6, 6.07) is 4.89. The van der Waals surface area contributed by atoms with Crippen LogP contribution in [0, 0.1) is 12.7 Å². The van der Waals surface area contributed by atoms with Crippen LogP contribution in [-0.2, 0) is 0 Å². The van der Waals surface area contributed by atoms with Gasteiger partial charge in [-0.3, -0.25) is 0 Å². The lowest BCUT2D eigenvalue weighted by Crippen LogP contribution is -2.18. The normalized spacial score (nSPS) is 12.7. The molecule has 0 bridgehead atoms. The molecule has 1 atom stereocenters. The summed E-state index contributed by atoms with van der Waals surface area (Å²) in [6.45, 7) is 1.91. The maximum atomic E-state index is 13.0. The first kappa shape index (κ1) is 11.2. The van der Waals surface area contributed by atoms with Crippen LogP contribution < -0.4 is 5.32 Å². The monoisotopic (exact) mass is 236 g/mol. The summed E-state index contributed by atoms with van der Waals surface area (Å²) in [5.74, 6) is -0.199. The lowest BCUT2D eigenvalue weighted by atomic mass is 10.0. The zero-order valence-corrected chi connectivity index (χ0v) is 10.0. The van der Waals surface area contributed by atoms with Crippen LogP contribution in [0.2, 0.25) is 0 Å². The Balaban J connectivity index is 2.41. The van der Waals surface area contributed by atoms with Gasteiger partial charge in [0, 0.05) is 11.6 Å². The molecule has 0 saturated heterocycles. The minimum Gasteiger partial charge on any atom is -0.307 e. The fraction of sp³-hybridized carbons (Fsp3) is 0.250. The minimum absolute atomic E-state index is 0.0422. The Labute approximate surface area is 98.2 Å². The van der Waals surface area contributed by atoms with Gasteiger partial charge >= 0.3 is 0 Å².